The lowest BCUT2D eigenvalue weighted by Gasteiger charge is -2.02. The number of aryl methyl sites for hydroxylation is 2. The lowest BCUT2D eigenvalue weighted by atomic mass is 10.2. The van der Waals surface area contributed by atoms with Crippen LogP contribution in [0.1, 0.15) is 18.3 Å². The maximum absolute atomic E-state index is 13.2. The van der Waals surface area contributed by atoms with Gasteiger partial charge in [0.05, 0.1) is 0 Å². The molecule has 0 saturated carbocycles. The Kier molecular flexibility index (Phi) is 3.14. The van der Waals surface area contributed by atoms with Crippen LogP contribution < -0.4 is 4.74 Å². The molecule has 0 aliphatic heterocycles. The molecule has 16 heavy (non-hydrogen) atoms. The van der Waals surface area contributed by atoms with E-state index in [1.807, 2.05) is 6.92 Å². The number of benzene rings is 1. The highest BCUT2D eigenvalue weighted by Crippen LogP contribution is 2.24. The molecular weight excluding hydrogens is 227 g/mol. The first-order valence-electron chi connectivity index (χ1n) is 4.95. The maximum Gasteiger partial charge on any atom is 0.298 e. The van der Waals surface area contributed by atoms with E-state index in [2.05, 4.69) is 9.36 Å². The summed E-state index contributed by atoms with van der Waals surface area (Å²) < 4.78 is 22.7. The molecule has 0 amide bonds. The number of ether oxygens (including phenoxy) is 1. The lowest BCUT2D eigenvalue weighted by Crippen LogP contribution is -1.88. The first kappa shape index (κ1) is 11.0. The number of halogens is 1. The van der Waals surface area contributed by atoms with E-state index in [9.17, 15) is 4.39 Å². The molecule has 0 radical (unpaired) electrons. The van der Waals surface area contributed by atoms with Crippen molar-refractivity contribution in [2.45, 2.75) is 20.3 Å². The van der Waals surface area contributed by atoms with Crippen molar-refractivity contribution in [2.75, 3.05) is 0 Å². The average molecular weight is 238 g/mol. The summed E-state index contributed by atoms with van der Waals surface area (Å²) in [7, 11) is 0. The second-order valence-electron chi connectivity index (χ2n) is 3.34. The predicted octanol–water partition coefficient (Wildman–Crippen LogP) is 3.34. The maximum atomic E-state index is 13.2. The number of hydrogen-bond acceptors (Lipinski definition) is 4. The van der Waals surface area contributed by atoms with Crippen molar-refractivity contribution in [1.29, 1.82) is 0 Å². The van der Waals surface area contributed by atoms with E-state index in [1.165, 1.54) is 17.6 Å². The van der Waals surface area contributed by atoms with E-state index >= 15 is 0 Å². The van der Waals surface area contributed by atoms with Gasteiger partial charge in [-0.05, 0) is 18.6 Å². The Morgan fingerprint density at radius 1 is 1.44 bits per heavy atom. The molecule has 5 heteroatoms. The van der Waals surface area contributed by atoms with Gasteiger partial charge in [0.25, 0.3) is 5.19 Å². The molecule has 0 atom stereocenters. The Morgan fingerprint density at radius 2 is 2.25 bits per heavy atom. The summed E-state index contributed by atoms with van der Waals surface area (Å²) in [4.78, 5) is 4.14. The zero-order chi connectivity index (χ0) is 11.5. The van der Waals surface area contributed by atoms with Crippen LogP contribution in [0.3, 0.4) is 0 Å². The lowest BCUT2D eigenvalue weighted by molar-refractivity contribution is 0.471. The zero-order valence-electron chi connectivity index (χ0n) is 9.03. The minimum Gasteiger partial charge on any atom is -0.430 e. The third kappa shape index (κ3) is 2.36. The number of hydrogen-bond donors (Lipinski definition) is 0. The van der Waals surface area contributed by atoms with E-state index in [1.54, 1.807) is 19.1 Å². The Hall–Kier alpha value is -1.49. The largest absolute Gasteiger partial charge is 0.430 e. The smallest absolute Gasteiger partial charge is 0.298 e. The topological polar surface area (TPSA) is 35.0 Å². The van der Waals surface area contributed by atoms with E-state index in [0.29, 0.717) is 16.5 Å². The molecule has 0 spiro atoms. The zero-order valence-corrected chi connectivity index (χ0v) is 9.84. The quantitative estimate of drug-likeness (QED) is 0.822. The fraction of sp³-hybridized carbons (Fsp3) is 0.273. The van der Waals surface area contributed by atoms with Gasteiger partial charge in [0, 0.05) is 24.0 Å². The van der Waals surface area contributed by atoms with Crippen LogP contribution in [0, 0.1) is 12.7 Å². The highest BCUT2D eigenvalue weighted by molar-refractivity contribution is 7.07. The summed E-state index contributed by atoms with van der Waals surface area (Å²) in [5.41, 5.74) is 0.596. The van der Waals surface area contributed by atoms with Gasteiger partial charge in [-0.2, -0.15) is 9.36 Å². The Balaban J connectivity index is 2.17. The van der Waals surface area contributed by atoms with Crippen molar-refractivity contribution in [3.05, 3.63) is 35.4 Å². The van der Waals surface area contributed by atoms with Gasteiger partial charge in [-0.1, -0.05) is 13.0 Å². The van der Waals surface area contributed by atoms with Crippen molar-refractivity contribution in [3.8, 4) is 10.9 Å². The second kappa shape index (κ2) is 4.57. The molecule has 2 aromatic rings. The van der Waals surface area contributed by atoms with Crippen molar-refractivity contribution in [2.24, 2.45) is 0 Å². The van der Waals surface area contributed by atoms with Gasteiger partial charge >= 0.3 is 0 Å². The molecule has 2 rings (SSSR count). The second-order valence-corrected chi connectivity index (χ2v) is 4.06. The van der Waals surface area contributed by atoms with Crippen LogP contribution in [0.4, 0.5) is 4.39 Å². The molecule has 0 aliphatic carbocycles. The van der Waals surface area contributed by atoms with Crippen LogP contribution in [0.2, 0.25) is 0 Å². The van der Waals surface area contributed by atoms with Crippen molar-refractivity contribution < 1.29 is 9.13 Å². The molecule has 1 aromatic heterocycles. The highest BCUT2D eigenvalue weighted by atomic mass is 32.1. The minimum absolute atomic E-state index is 0.280. The van der Waals surface area contributed by atoms with Gasteiger partial charge < -0.3 is 4.74 Å². The van der Waals surface area contributed by atoms with Crippen LogP contribution in [0.25, 0.3) is 0 Å². The van der Waals surface area contributed by atoms with Crippen molar-refractivity contribution >= 4 is 11.5 Å². The molecule has 0 fully saturated rings. The Bertz CT molecular complexity index is 498. The SMILES string of the molecule is CCc1nsc(Oc2ccc(C)c(F)c2)n1. The van der Waals surface area contributed by atoms with Crippen molar-refractivity contribution in [1.82, 2.24) is 9.36 Å². The summed E-state index contributed by atoms with van der Waals surface area (Å²) in [6.45, 7) is 3.68. The van der Waals surface area contributed by atoms with E-state index in [4.69, 9.17) is 4.74 Å². The molecule has 1 aromatic carbocycles. The molecule has 1 heterocycles. The number of rotatable bonds is 3. The van der Waals surface area contributed by atoms with E-state index < -0.39 is 0 Å². The Labute approximate surface area is 97.1 Å². The molecule has 0 bridgehead atoms. The van der Waals surface area contributed by atoms with Crippen LogP contribution in [-0.2, 0) is 6.42 Å². The first-order valence-corrected chi connectivity index (χ1v) is 5.73. The standard InChI is InChI=1S/C11H11FN2OS/c1-3-10-13-11(16-14-10)15-8-5-4-7(2)9(12)6-8/h4-6H,3H2,1-2H3. The molecule has 0 unspecified atom stereocenters. The number of nitrogens with zero attached hydrogens (tertiary/aromatic N) is 2. The Morgan fingerprint density at radius 3 is 2.88 bits per heavy atom. The van der Waals surface area contributed by atoms with Crippen LogP contribution in [0.15, 0.2) is 18.2 Å². The van der Waals surface area contributed by atoms with Crippen LogP contribution in [0.5, 0.6) is 10.9 Å². The fourth-order valence-electron chi connectivity index (χ4n) is 1.16. The van der Waals surface area contributed by atoms with Gasteiger partial charge in [-0.25, -0.2) is 4.39 Å². The molecule has 0 N–H and O–H groups in total. The van der Waals surface area contributed by atoms with E-state index in [-0.39, 0.29) is 5.82 Å². The summed E-state index contributed by atoms with van der Waals surface area (Å²) in [5, 5.41) is 0.445. The van der Waals surface area contributed by atoms with Gasteiger partial charge in [0.1, 0.15) is 17.4 Å². The molecule has 0 aliphatic rings. The summed E-state index contributed by atoms with van der Waals surface area (Å²) in [5.74, 6) is 0.909. The van der Waals surface area contributed by atoms with Crippen molar-refractivity contribution in [3.63, 3.8) is 0 Å². The predicted molar refractivity (Wildman–Crippen MR) is 60.5 cm³/mol. The number of aromatic nitrogens is 2. The first-order chi connectivity index (χ1) is 7.69. The van der Waals surface area contributed by atoms with Gasteiger partial charge in [0.15, 0.2) is 0 Å². The third-order valence-corrected chi connectivity index (χ3v) is 2.75. The minimum atomic E-state index is -0.280. The molecule has 0 saturated heterocycles. The average Bonchev–Trinajstić information content (AvgIpc) is 2.71. The van der Waals surface area contributed by atoms with Crippen LogP contribution in [-0.4, -0.2) is 9.36 Å². The summed E-state index contributed by atoms with van der Waals surface area (Å²) in [6, 6.07) is 4.74. The van der Waals surface area contributed by atoms with Crippen LogP contribution >= 0.6 is 11.5 Å². The van der Waals surface area contributed by atoms with Gasteiger partial charge in [-0.15, -0.1) is 0 Å². The van der Waals surface area contributed by atoms with E-state index in [0.717, 1.165) is 12.2 Å². The normalized spacial score (nSPS) is 10.4. The summed E-state index contributed by atoms with van der Waals surface area (Å²) in [6.07, 6.45) is 0.766. The molecular formula is C11H11FN2OS. The monoisotopic (exact) mass is 238 g/mol. The fourth-order valence-corrected chi connectivity index (χ4v) is 1.79. The van der Waals surface area contributed by atoms with Gasteiger partial charge in [-0.3, -0.25) is 0 Å². The third-order valence-electron chi connectivity index (χ3n) is 2.11. The highest BCUT2D eigenvalue weighted by Gasteiger charge is 2.06. The van der Waals surface area contributed by atoms with Gasteiger partial charge in [0.2, 0.25) is 0 Å². The summed E-state index contributed by atoms with van der Waals surface area (Å²) >= 11 is 1.17. The molecule has 3 nitrogen and oxygen atoms in total. The molecule has 84 valence electrons.